The third-order valence-corrected chi connectivity index (χ3v) is 4.95. The smallest absolute Gasteiger partial charge is 0.490 e. The minimum Gasteiger partial charge on any atom is -0.497 e. The van der Waals surface area contributed by atoms with Gasteiger partial charge in [-0.1, -0.05) is 24.3 Å². The number of nitrogens with one attached hydrogen (secondary N) is 2. The Morgan fingerprint density at radius 2 is 1.85 bits per heavy atom. The number of urea groups is 1. The average Bonchev–Trinajstić information content (AvgIpc) is 3.50. The Balaban J connectivity index is 0.000000406. The number of halogens is 3. The van der Waals surface area contributed by atoms with Crippen molar-refractivity contribution in [3.63, 3.8) is 0 Å². The summed E-state index contributed by atoms with van der Waals surface area (Å²) in [4.78, 5) is 23.6. The molecule has 1 fully saturated rings. The molecular weight excluding hydrogens is 453 g/mol. The first kappa shape index (κ1) is 24.6. The molecule has 2 amide bonds. The first-order chi connectivity index (χ1) is 16.2. The monoisotopic (exact) mass is 476 g/mol. The van der Waals surface area contributed by atoms with E-state index in [1.54, 1.807) is 13.3 Å². The Bertz CT molecular complexity index is 1100. The van der Waals surface area contributed by atoms with Crippen LogP contribution < -0.4 is 10.1 Å². The molecule has 4 rings (SSSR count). The largest absolute Gasteiger partial charge is 0.497 e. The minimum atomic E-state index is -5.08. The number of aromatic nitrogens is 2. The average molecular weight is 476 g/mol. The zero-order valence-corrected chi connectivity index (χ0v) is 18.2. The van der Waals surface area contributed by atoms with Gasteiger partial charge in [0, 0.05) is 30.0 Å². The van der Waals surface area contributed by atoms with Gasteiger partial charge in [-0.15, -0.1) is 0 Å². The lowest BCUT2D eigenvalue weighted by atomic mass is 10.1. The molecule has 3 N–H and O–H groups in total. The number of aromatic amines is 1. The molecule has 2 aromatic carbocycles. The van der Waals surface area contributed by atoms with Crippen LogP contribution in [-0.4, -0.2) is 51.5 Å². The van der Waals surface area contributed by atoms with Gasteiger partial charge in [-0.25, -0.2) is 9.59 Å². The third kappa shape index (κ3) is 6.99. The lowest BCUT2D eigenvalue weighted by Crippen LogP contribution is -2.36. The van der Waals surface area contributed by atoms with Crippen LogP contribution in [0.2, 0.25) is 0 Å². The molecule has 8 nitrogen and oxygen atoms in total. The lowest BCUT2D eigenvalue weighted by molar-refractivity contribution is -0.192. The van der Waals surface area contributed by atoms with Crippen molar-refractivity contribution in [1.29, 1.82) is 0 Å². The number of carboxylic acids is 1. The first-order valence-corrected chi connectivity index (χ1v) is 10.3. The second-order valence-electron chi connectivity index (χ2n) is 7.51. The zero-order valence-electron chi connectivity index (χ0n) is 18.2. The van der Waals surface area contributed by atoms with Gasteiger partial charge in [0.25, 0.3) is 0 Å². The lowest BCUT2D eigenvalue weighted by Gasteiger charge is -2.23. The number of rotatable bonds is 6. The van der Waals surface area contributed by atoms with E-state index in [9.17, 15) is 18.0 Å². The number of carbonyl (C=O) groups excluding carboxylic acids is 1. The number of H-pyrrole nitrogens is 1. The topological polar surface area (TPSA) is 108 Å². The normalized spacial score (nSPS) is 12.8. The Hall–Kier alpha value is -4.02. The number of hydrogen-bond acceptors (Lipinski definition) is 4. The number of ether oxygens (including phenoxy) is 1. The number of methoxy groups -OCH3 is 1. The van der Waals surface area contributed by atoms with Crippen LogP contribution in [0.3, 0.4) is 0 Å². The summed E-state index contributed by atoms with van der Waals surface area (Å²) in [5, 5.41) is 16.9. The van der Waals surface area contributed by atoms with E-state index in [-0.39, 0.29) is 6.03 Å². The number of carboxylic acid groups (broad SMARTS) is 1. The molecule has 1 aromatic heterocycles. The number of amides is 2. The number of carbonyl (C=O) groups is 2. The second kappa shape index (κ2) is 10.7. The highest BCUT2D eigenvalue weighted by molar-refractivity contribution is 5.90. The number of aliphatic carboxylic acids is 1. The first-order valence-electron chi connectivity index (χ1n) is 10.3. The Morgan fingerprint density at radius 1 is 1.18 bits per heavy atom. The van der Waals surface area contributed by atoms with Gasteiger partial charge in [0.1, 0.15) is 5.75 Å². The molecule has 1 saturated carbocycles. The Morgan fingerprint density at radius 3 is 2.38 bits per heavy atom. The molecule has 0 bridgehead atoms. The van der Waals surface area contributed by atoms with E-state index in [0.717, 1.165) is 41.0 Å². The fourth-order valence-corrected chi connectivity index (χ4v) is 3.07. The number of anilines is 1. The highest BCUT2D eigenvalue weighted by Gasteiger charge is 2.38. The summed E-state index contributed by atoms with van der Waals surface area (Å²) in [6.45, 7) is 0.570. The molecule has 11 heteroatoms. The summed E-state index contributed by atoms with van der Waals surface area (Å²) in [7, 11) is 1.65. The SMILES string of the molecule is COc1cccc(CN(C(=O)Nc2ccc(-c3cn[nH]c3)cc2)C2CC2)c1.O=C(O)C(F)(F)F. The number of benzene rings is 2. The molecule has 1 aliphatic carbocycles. The van der Waals surface area contributed by atoms with E-state index in [1.807, 2.05) is 59.6 Å². The van der Waals surface area contributed by atoms with Gasteiger partial charge in [-0.3, -0.25) is 5.10 Å². The van der Waals surface area contributed by atoms with Crippen LogP contribution in [0.4, 0.5) is 23.7 Å². The van der Waals surface area contributed by atoms with Gasteiger partial charge >= 0.3 is 18.2 Å². The molecular formula is C23H23F3N4O4. The predicted octanol–water partition coefficient (Wildman–Crippen LogP) is 4.92. The van der Waals surface area contributed by atoms with Gasteiger partial charge < -0.3 is 20.1 Å². The zero-order chi connectivity index (χ0) is 24.7. The van der Waals surface area contributed by atoms with E-state index >= 15 is 0 Å². The number of hydrogen-bond donors (Lipinski definition) is 3. The van der Waals surface area contributed by atoms with Crippen molar-refractivity contribution >= 4 is 17.7 Å². The van der Waals surface area contributed by atoms with E-state index in [4.69, 9.17) is 14.6 Å². The Kier molecular flexibility index (Phi) is 7.77. The molecule has 0 aliphatic heterocycles. The van der Waals surface area contributed by atoms with Gasteiger partial charge in [-0.2, -0.15) is 18.3 Å². The maximum atomic E-state index is 12.8. The van der Waals surface area contributed by atoms with Crippen LogP contribution in [0, 0.1) is 0 Å². The molecule has 1 heterocycles. The van der Waals surface area contributed by atoms with Gasteiger partial charge in [0.15, 0.2) is 0 Å². The van der Waals surface area contributed by atoms with Crippen molar-refractivity contribution in [3.05, 3.63) is 66.5 Å². The molecule has 0 saturated heterocycles. The van der Waals surface area contributed by atoms with Crippen molar-refractivity contribution in [2.75, 3.05) is 12.4 Å². The van der Waals surface area contributed by atoms with E-state index in [1.165, 1.54) is 0 Å². The van der Waals surface area contributed by atoms with Crippen molar-refractivity contribution in [3.8, 4) is 16.9 Å². The highest BCUT2D eigenvalue weighted by Crippen LogP contribution is 2.30. The van der Waals surface area contributed by atoms with Crippen molar-refractivity contribution in [2.24, 2.45) is 0 Å². The summed E-state index contributed by atoms with van der Waals surface area (Å²) in [6, 6.07) is 15.9. The van der Waals surface area contributed by atoms with E-state index < -0.39 is 12.1 Å². The maximum absolute atomic E-state index is 12.8. The van der Waals surface area contributed by atoms with Gasteiger partial charge in [0.2, 0.25) is 0 Å². The number of alkyl halides is 3. The van der Waals surface area contributed by atoms with E-state index in [0.29, 0.717) is 12.6 Å². The van der Waals surface area contributed by atoms with Crippen LogP contribution in [0.15, 0.2) is 60.9 Å². The molecule has 0 unspecified atom stereocenters. The van der Waals surface area contributed by atoms with E-state index in [2.05, 4.69) is 15.5 Å². The molecule has 180 valence electrons. The molecule has 0 radical (unpaired) electrons. The summed E-state index contributed by atoms with van der Waals surface area (Å²) < 4.78 is 37.0. The van der Waals surface area contributed by atoms with Crippen LogP contribution in [-0.2, 0) is 11.3 Å². The maximum Gasteiger partial charge on any atom is 0.490 e. The molecule has 1 aliphatic rings. The van der Waals surface area contributed by atoms with Crippen molar-refractivity contribution in [2.45, 2.75) is 31.6 Å². The van der Waals surface area contributed by atoms with Crippen LogP contribution in [0.25, 0.3) is 11.1 Å². The third-order valence-electron chi connectivity index (χ3n) is 4.95. The number of nitrogens with zero attached hydrogens (tertiary/aromatic N) is 2. The molecule has 34 heavy (non-hydrogen) atoms. The summed E-state index contributed by atoms with van der Waals surface area (Å²) >= 11 is 0. The van der Waals surface area contributed by atoms with Gasteiger partial charge in [0.05, 0.1) is 13.3 Å². The predicted molar refractivity (Wildman–Crippen MR) is 118 cm³/mol. The fraction of sp³-hybridized carbons (Fsp3) is 0.261. The fourth-order valence-electron chi connectivity index (χ4n) is 3.07. The van der Waals surface area contributed by atoms with Crippen LogP contribution >= 0.6 is 0 Å². The quantitative estimate of drug-likeness (QED) is 0.468. The van der Waals surface area contributed by atoms with Crippen molar-refractivity contribution in [1.82, 2.24) is 15.1 Å². The Labute approximate surface area is 193 Å². The summed E-state index contributed by atoms with van der Waals surface area (Å²) in [5.41, 5.74) is 3.91. The minimum absolute atomic E-state index is 0.0728. The summed E-state index contributed by atoms with van der Waals surface area (Å²) in [5.74, 6) is -1.95. The standard InChI is InChI=1S/C21H22N4O2.C2HF3O2/c1-27-20-4-2-3-15(11-20)14-25(19-9-10-19)21(26)24-18-7-5-16(6-8-18)17-12-22-23-13-17;3-2(4,5)1(6)7/h2-8,11-13,19H,9-10,14H2,1H3,(H,22,23)(H,24,26);(H,6,7). The second-order valence-corrected chi connectivity index (χ2v) is 7.51. The van der Waals surface area contributed by atoms with Crippen molar-refractivity contribution < 1.29 is 32.6 Å². The van der Waals surface area contributed by atoms with Gasteiger partial charge in [-0.05, 0) is 48.2 Å². The summed E-state index contributed by atoms with van der Waals surface area (Å²) in [6.07, 6.45) is 0.640. The molecule has 0 atom stereocenters. The van der Waals surface area contributed by atoms with Crippen LogP contribution in [0.1, 0.15) is 18.4 Å². The molecule has 0 spiro atoms. The van der Waals surface area contributed by atoms with Crippen LogP contribution in [0.5, 0.6) is 5.75 Å². The highest BCUT2D eigenvalue weighted by atomic mass is 19.4. The molecule has 3 aromatic rings.